The Labute approximate surface area is 109 Å². The van der Waals surface area contributed by atoms with E-state index in [1.54, 1.807) is 12.1 Å². The minimum absolute atomic E-state index is 0.0367. The van der Waals surface area contributed by atoms with Crippen molar-refractivity contribution in [1.29, 1.82) is 0 Å². The summed E-state index contributed by atoms with van der Waals surface area (Å²) in [7, 11) is -3.50. The SMILES string of the molecule is O=S(=O)(N[C@@H]1C=C[C@H](CO)C1)c1ccc(Cl)s1. The molecule has 17 heavy (non-hydrogen) atoms. The van der Waals surface area contributed by atoms with Gasteiger partial charge in [-0.15, -0.1) is 11.3 Å². The molecule has 1 aliphatic rings. The lowest BCUT2D eigenvalue weighted by Crippen LogP contribution is -2.32. The summed E-state index contributed by atoms with van der Waals surface area (Å²) in [5, 5.41) is 8.96. The van der Waals surface area contributed by atoms with Crippen LogP contribution < -0.4 is 4.72 Å². The zero-order chi connectivity index (χ0) is 12.5. The fourth-order valence-electron chi connectivity index (χ4n) is 1.70. The minimum Gasteiger partial charge on any atom is -0.396 e. The van der Waals surface area contributed by atoms with Crippen LogP contribution in [0.5, 0.6) is 0 Å². The third kappa shape index (κ3) is 3.08. The summed E-state index contributed by atoms with van der Waals surface area (Å²) >= 11 is 6.73. The molecular weight excluding hydrogens is 282 g/mol. The van der Waals surface area contributed by atoms with Crippen LogP contribution in [0, 0.1) is 5.92 Å². The summed E-state index contributed by atoms with van der Waals surface area (Å²) in [5.41, 5.74) is 0. The molecule has 1 aliphatic carbocycles. The van der Waals surface area contributed by atoms with Crippen LogP contribution in [0.4, 0.5) is 0 Å². The van der Waals surface area contributed by atoms with Gasteiger partial charge in [0.15, 0.2) is 0 Å². The van der Waals surface area contributed by atoms with Gasteiger partial charge in [-0.2, -0.15) is 0 Å². The van der Waals surface area contributed by atoms with Crippen LogP contribution in [0.2, 0.25) is 4.34 Å². The summed E-state index contributed by atoms with van der Waals surface area (Å²) in [6, 6.07) is 2.79. The Morgan fingerprint density at radius 1 is 1.47 bits per heavy atom. The topological polar surface area (TPSA) is 66.4 Å². The molecule has 0 amide bonds. The Bertz CT molecular complexity index is 523. The first-order valence-corrected chi connectivity index (χ1v) is 7.76. The molecule has 1 aromatic heterocycles. The smallest absolute Gasteiger partial charge is 0.250 e. The van der Waals surface area contributed by atoms with Gasteiger partial charge >= 0.3 is 0 Å². The third-order valence-corrected chi connectivity index (χ3v) is 5.74. The fraction of sp³-hybridized carbons (Fsp3) is 0.400. The summed E-state index contributed by atoms with van der Waals surface area (Å²) in [6.45, 7) is 0.0412. The molecule has 1 heterocycles. The number of thiophene rings is 1. The highest BCUT2D eigenvalue weighted by Gasteiger charge is 2.25. The maximum absolute atomic E-state index is 11.9. The van der Waals surface area contributed by atoms with Gasteiger partial charge in [-0.1, -0.05) is 23.8 Å². The normalized spacial score (nSPS) is 24.4. The fourth-order valence-corrected chi connectivity index (χ4v) is 4.40. The van der Waals surface area contributed by atoms with Gasteiger partial charge < -0.3 is 5.11 Å². The molecule has 2 N–H and O–H groups in total. The van der Waals surface area contributed by atoms with E-state index < -0.39 is 10.0 Å². The van der Waals surface area contributed by atoms with Crippen LogP contribution >= 0.6 is 22.9 Å². The van der Waals surface area contributed by atoms with E-state index in [-0.39, 0.29) is 22.8 Å². The largest absolute Gasteiger partial charge is 0.396 e. The summed E-state index contributed by atoms with van der Waals surface area (Å²) in [4.78, 5) is 0. The first-order valence-electron chi connectivity index (χ1n) is 5.08. The minimum atomic E-state index is -3.50. The molecule has 0 saturated heterocycles. The maximum Gasteiger partial charge on any atom is 0.250 e. The highest BCUT2D eigenvalue weighted by atomic mass is 35.5. The van der Waals surface area contributed by atoms with E-state index in [0.29, 0.717) is 10.8 Å². The monoisotopic (exact) mass is 293 g/mol. The predicted octanol–water partition coefficient (Wildman–Crippen LogP) is 1.62. The molecule has 0 spiro atoms. The molecule has 0 aromatic carbocycles. The van der Waals surface area contributed by atoms with Gasteiger partial charge in [-0.05, 0) is 18.6 Å². The van der Waals surface area contributed by atoms with Gasteiger partial charge in [0.25, 0.3) is 10.0 Å². The van der Waals surface area contributed by atoms with E-state index in [4.69, 9.17) is 16.7 Å². The quantitative estimate of drug-likeness (QED) is 0.829. The van der Waals surface area contributed by atoms with Crippen LogP contribution in [-0.4, -0.2) is 26.2 Å². The van der Waals surface area contributed by atoms with E-state index in [9.17, 15) is 8.42 Å². The number of nitrogens with one attached hydrogen (secondary N) is 1. The average molecular weight is 294 g/mol. The molecule has 4 nitrogen and oxygen atoms in total. The number of hydrogen-bond donors (Lipinski definition) is 2. The van der Waals surface area contributed by atoms with Crippen molar-refractivity contribution in [3.8, 4) is 0 Å². The molecule has 94 valence electrons. The van der Waals surface area contributed by atoms with Gasteiger partial charge in [0.2, 0.25) is 0 Å². The van der Waals surface area contributed by atoms with E-state index >= 15 is 0 Å². The summed E-state index contributed by atoms with van der Waals surface area (Å²) in [6.07, 6.45) is 4.19. The lowest BCUT2D eigenvalue weighted by Gasteiger charge is -2.11. The van der Waals surface area contributed by atoms with Crippen molar-refractivity contribution in [2.24, 2.45) is 5.92 Å². The van der Waals surface area contributed by atoms with Crippen LogP contribution in [0.1, 0.15) is 6.42 Å². The van der Waals surface area contributed by atoms with Crippen molar-refractivity contribution in [1.82, 2.24) is 4.72 Å². The second-order valence-corrected chi connectivity index (χ2v) is 7.51. The lowest BCUT2D eigenvalue weighted by atomic mass is 10.1. The van der Waals surface area contributed by atoms with Crippen molar-refractivity contribution in [2.45, 2.75) is 16.7 Å². The molecule has 7 heteroatoms. The number of hydrogen-bond acceptors (Lipinski definition) is 4. The third-order valence-electron chi connectivity index (χ3n) is 2.53. The molecule has 0 saturated carbocycles. The van der Waals surface area contributed by atoms with Gasteiger partial charge in [-0.25, -0.2) is 13.1 Å². The summed E-state index contributed by atoms with van der Waals surface area (Å²) in [5.74, 6) is 0.0367. The molecule has 0 fully saturated rings. The number of sulfonamides is 1. The molecule has 1 aromatic rings. The van der Waals surface area contributed by atoms with Gasteiger partial charge in [0.05, 0.1) is 4.34 Å². The van der Waals surface area contributed by atoms with Crippen molar-refractivity contribution in [3.05, 3.63) is 28.6 Å². The zero-order valence-electron chi connectivity index (χ0n) is 8.84. The van der Waals surface area contributed by atoms with Crippen molar-refractivity contribution < 1.29 is 13.5 Å². The first-order chi connectivity index (χ1) is 8.01. The second kappa shape index (κ2) is 5.07. The molecule has 0 unspecified atom stereocenters. The lowest BCUT2D eigenvalue weighted by molar-refractivity contribution is 0.248. The molecule has 0 bridgehead atoms. The molecular formula is C10H12ClNO3S2. The zero-order valence-corrected chi connectivity index (χ0v) is 11.2. The number of aliphatic hydroxyl groups is 1. The van der Waals surface area contributed by atoms with Gasteiger partial charge in [0, 0.05) is 18.6 Å². The average Bonchev–Trinajstić information content (AvgIpc) is 2.86. The number of aliphatic hydroxyl groups excluding tert-OH is 1. The molecule has 2 rings (SSSR count). The molecule has 2 atom stereocenters. The van der Waals surface area contributed by atoms with E-state index in [1.807, 2.05) is 6.08 Å². The highest BCUT2D eigenvalue weighted by Crippen LogP contribution is 2.26. The highest BCUT2D eigenvalue weighted by molar-refractivity contribution is 7.91. The van der Waals surface area contributed by atoms with Gasteiger partial charge in [-0.3, -0.25) is 0 Å². The summed E-state index contributed by atoms with van der Waals surface area (Å²) < 4.78 is 27.1. The first kappa shape index (κ1) is 13.0. The van der Waals surface area contributed by atoms with Crippen LogP contribution in [0.3, 0.4) is 0 Å². The van der Waals surface area contributed by atoms with Crippen LogP contribution in [0.15, 0.2) is 28.5 Å². The van der Waals surface area contributed by atoms with E-state index in [2.05, 4.69) is 4.72 Å². The second-order valence-electron chi connectivity index (χ2n) is 3.85. The Morgan fingerprint density at radius 2 is 2.24 bits per heavy atom. The van der Waals surface area contributed by atoms with Gasteiger partial charge in [0.1, 0.15) is 4.21 Å². The Morgan fingerprint density at radius 3 is 2.76 bits per heavy atom. The van der Waals surface area contributed by atoms with E-state index in [0.717, 1.165) is 11.3 Å². The van der Waals surface area contributed by atoms with E-state index in [1.165, 1.54) is 6.07 Å². The molecule has 0 radical (unpaired) electrons. The number of rotatable bonds is 4. The van der Waals surface area contributed by atoms with Crippen molar-refractivity contribution >= 4 is 33.0 Å². The standard InChI is InChI=1S/C10H12ClNO3S2/c11-9-3-4-10(16-9)17(14,15)12-8-2-1-7(5-8)6-13/h1-4,7-8,12-13H,5-6H2/t7-,8+/m0/s1. The Hall–Kier alpha value is -0.400. The Kier molecular flexibility index (Phi) is 3.89. The predicted molar refractivity (Wildman–Crippen MR) is 67.8 cm³/mol. The van der Waals surface area contributed by atoms with Crippen molar-refractivity contribution in [3.63, 3.8) is 0 Å². The molecule has 0 aliphatic heterocycles. The van der Waals surface area contributed by atoms with Crippen LogP contribution in [0.25, 0.3) is 0 Å². The maximum atomic E-state index is 11.9. The number of halogens is 1. The van der Waals surface area contributed by atoms with Crippen LogP contribution in [-0.2, 0) is 10.0 Å². The Balaban J connectivity index is 2.07. The van der Waals surface area contributed by atoms with Crippen molar-refractivity contribution in [2.75, 3.05) is 6.61 Å².